The van der Waals surface area contributed by atoms with Crippen LogP contribution in [0.1, 0.15) is 79.0 Å². The van der Waals surface area contributed by atoms with Gasteiger partial charge in [-0.05, 0) is 102 Å². The second-order valence-corrected chi connectivity index (χ2v) is 28.2. The van der Waals surface area contributed by atoms with Crippen LogP contribution in [0.2, 0.25) is 0 Å². The Hall–Kier alpha value is -8.45. The van der Waals surface area contributed by atoms with E-state index in [0.717, 1.165) is 39.9 Å². The molecule has 2 aliphatic heterocycles. The van der Waals surface area contributed by atoms with Gasteiger partial charge in [-0.2, -0.15) is 0 Å². The molecule has 0 saturated carbocycles. The number of anilines is 4. The summed E-state index contributed by atoms with van der Waals surface area (Å²) in [7, 11) is -2.95. The van der Waals surface area contributed by atoms with Crippen molar-refractivity contribution in [3.05, 3.63) is 241 Å². The van der Waals surface area contributed by atoms with Gasteiger partial charge in [0.05, 0.1) is 28.1 Å². The predicted octanol–water partition coefficient (Wildman–Crippen LogP) is 16.1. The molecule has 2 aliphatic rings. The zero-order valence-electron chi connectivity index (χ0n) is 46.3. The summed E-state index contributed by atoms with van der Waals surface area (Å²) < 4.78 is 9.49. The molecule has 5 nitrogen and oxygen atoms in total. The molecular weight excluding hydrogens is 965 g/mol. The maximum absolute atomic E-state index is 7.04. The van der Waals surface area contributed by atoms with Crippen molar-refractivity contribution < 1.29 is 4.74 Å². The molecular formula is C72H66N4OSi. The van der Waals surface area contributed by atoms with Gasteiger partial charge >= 0.3 is 0 Å². The highest BCUT2D eigenvalue weighted by molar-refractivity contribution is 7.21. The Labute approximate surface area is 461 Å². The summed E-state index contributed by atoms with van der Waals surface area (Å²) in [4.78, 5) is 10.4. The lowest BCUT2D eigenvalue weighted by Crippen LogP contribution is -2.77. The van der Waals surface area contributed by atoms with Gasteiger partial charge in [-0.15, -0.1) is 0 Å². The van der Waals surface area contributed by atoms with E-state index in [-0.39, 0.29) is 16.2 Å². The van der Waals surface area contributed by atoms with Gasteiger partial charge in [0.15, 0.2) is 8.07 Å². The zero-order chi connectivity index (χ0) is 53.7. The standard InChI is InChI=1S/C72H66N4OSi/c1-70(2,3)50-42-49(43-51(44-50)71(4,5)6)58-33-22-32-57(48-24-13-10-14-25-48)66(58)75-47-74(62-35-19-20-36-63(62)75)52-26-21-27-53(45-52)77-54-38-39-59-60-34-23-37-65-67(60)76(64(59)46-54)69-68(61(40-41-73-69)72(7,8)9)78(65,55-28-15-11-16-29-55)56-30-17-12-18-31-56/h10-46H,47H2,1-9H3. The number of pyridine rings is 1. The lowest BCUT2D eigenvalue weighted by atomic mass is 9.78. The summed E-state index contributed by atoms with van der Waals surface area (Å²) in [6, 6.07) is 80.8. The normalized spacial score (nSPS) is 14.0. The van der Waals surface area contributed by atoms with Gasteiger partial charge in [-0.25, -0.2) is 4.98 Å². The largest absolute Gasteiger partial charge is 0.457 e. The van der Waals surface area contributed by atoms with Crippen LogP contribution in [0.4, 0.5) is 22.7 Å². The predicted molar refractivity (Wildman–Crippen MR) is 331 cm³/mol. The van der Waals surface area contributed by atoms with Crippen molar-refractivity contribution in [2.45, 2.75) is 78.6 Å². The highest BCUT2D eigenvalue weighted by Crippen LogP contribution is 2.51. The molecule has 78 heavy (non-hydrogen) atoms. The zero-order valence-corrected chi connectivity index (χ0v) is 47.3. The van der Waals surface area contributed by atoms with Crippen molar-refractivity contribution in [2.75, 3.05) is 16.5 Å². The highest BCUT2D eigenvalue weighted by Gasteiger charge is 2.50. The van der Waals surface area contributed by atoms with Crippen LogP contribution < -0.4 is 35.3 Å². The number of rotatable bonds is 8. The molecule has 6 heteroatoms. The number of aromatic nitrogens is 2. The number of benzene rings is 9. The van der Waals surface area contributed by atoms with Crippen LogP contribution in [0.3, 0.4) is 0 Å². The Balaban J connectivity index is 0.929. The Bertz CT molecular complexity index is 4030. The number of para-hydroxylation sites is 4. The first kappa shape index (κ1) is 49.1. The second kappa shape index (κ2) is 18.4. The molecule has 0 fully saturated rings. The minimum Gasteiger partial charge on any atom is -0.457 e. The van der Waals surface area contributed by atoms with Crippen LogP contribution in [-0.4, -0.2) is 24.3 Å². The number of ether oxygens (including phenoxy) is 1. The molecule has 0 unspecified atom stereocenters. The van der Waals surface area contributed by atoms with Gasteiger partial charge in [0.2, 0.25) is 0 Å². The maximum Gasteiger partial charge on any atom is 0.186 e. The van der Waals surface area contributed by atoms with Gasteiger partial charge in [0, 0.05) is 51.1 Å². The maximum atomic E-state index is 7.04. The van der Waals surface area contributed by atoms with Gasteiger partial charge in [0.25, 0.3) is 0 Å². The van der Waals surface area contributed by atoms with Crippen molar-refractivity contribution in [2.24, 2.45) is 0 Å². The summed E-state index contributed by atoms with van der Waals surface area (Å²) in [6.45, 7) is 21.6. The molecule has 0 N–H and O–H groups in total. The molecule has 4 heterocycles. The Morgan fingerprint density at radius 3 is 1.68 bits per heavy atom. The fraction of sp³-hybridized carbons (Fsp3) is 0.181. The van der Waals surface area contributed by atoms with Gasteiger partial charge in [-0.1, -0.05) is 226 Å². The molecule has 9 aromatic carbocycles. The average Bonchev–Trinajstić information content (AvgIpc) is 2.50. The highest BCUT2D eigenvalue weighted by atomic mass is 28.3. The van der Waals surface area contributed by atoms with E-state index in [1.807, 2.05) is 6.20 Å². The minimum absolute atomic E-state index is 0.0302. The van der Waals surface area contributed by atoms with E-state index in [9.17, 15) is 0 Å². The number of fused-ring (bicyclic) bond motifs is 6. The molecule has 0 saturated heterocycles. The van der Waals surface area contributed by atoms with Crippen molar-refractivity contribution in [3.8, 4) is 39.6 Å². The molecule has 0 aliphatic carbocycles. The van der Waals surface area contributed by atoms with E-state index in [0.29, 0.717) is 6.67 Å². The molecule has 13 rings (SSSR count). The summed E-state index contributed by atoms with van der Waals surface area (Å²) >= 11 is 0. The van der Waals surface area contributed by atoms with E-state index < -0.39 is 8.07 Å². The molecule has 384 valence electrons. The van der Waals surface area contributed by atoms with Crippen molar-refractivity contribution in [1.29, 1.82) is 0 Å². The van der Waals surface area contributed by atoms with E-state index in [4.69, 9.17) is 9.72 Å². The molecule has 0 bridgehead atoms. The quantitative estimate of drug-likeness (QED) is 0.142. The third-order valence-corrected chi connectivity index (χ3v) is 21.2. The summed E-state index contributed by atoms with van der Waals surface area (Å²) in [5.41, 5.74) is 15.4. The number of nitrogens with zero attached hydrogens (tertiary/aromatic N) is 4. The first-order valence-electron chi connectivity index (χ1n) is 27.5. The smallest absolute Gasteiger partial charge is 0.186 e. The lowest BCUT2D eigenvalue weighted by Gasteiger charge is -2.42. The molecule has 0 atom stereocenters. The summed E-state index contributed by atoms with van der Waals surface area (Å²) in [5.74, 6) is 2.54. The van der Waals surface area contributed by atoms with Crippen molar-refractivity contribution in [3.63, 3.8) is 0 Å². The summed E-state index contributed by atoms with van der Waals surface area (Å²) in [5, 5.41) is 7.83. The van der Waals surface area contributed by atoms with Gasteiger partial charge < -0.3 is 14.5 Å². The average molecular weight is 1030 g/mol. The van der Waals surface area contributed by atoms with E-state index in [1.54, 1.807) is 0 Å². The van der Waals surface area contributed by atoms with Gasteiger partial charge in [-0.3, -0.25) is 4.57 Å². The van der Waals surface area contributed by atoms with Crippen LogP contribution in [-0.2, 0) is 16.2 Å². The second-order valence-electron chi connectivity index (χ2n) is 24.5. The third kappa shape index (κ3) is 7.99. The Morgan fingerprint density at radius 2 is 1.04 bits per heavy atom. The first-order chi connectivity index (χ1) is 37.6. The van der Waals surface area contributed by atoms with E-state index in [2.05, 4.69) is 295 Å². The lowest BCUT2D eigenvalue weighted by molar-refractivity contribution is 0.483. The molecule has 0 spiro atoms. The minimum atomic E-state index is -2.95. The first-order valence-corrected chi connectivity index (χ1v) is 29.5. The van der Waals surface area contributed by atoms with E-state index >= 15 is 0 Å². The topological polar surface area (TPSA) is 33.5 Å². The number of hydrogen-bond acceptors (Lipinski definition) is 4. The fourth-order valence-corrected chi connectivity index (χ4v) is 18.1. The van der Waals surface area contributed by atoms with Crippen LogP contribution in [0, 0.1) is 0 Å². The fourth-order valence-electron chi connectivity index (χ4n) is 12.6. The third-order valence-electron chi connectivity index (χ3n) is 16.4. The Morgan fingerprint density at radius 1 is 0.462 bits per heavy atom. The van der Waals surface area contributed by atoms with Crippen LogP contribution in [0.15, 0.2) is 225 Å². The van der Waals surface area contributed by atoms with Crippen LogP contribution in [0.25, 0.3) is 49.9 Å². The van der Waals surface area contributed by atoms with Crippen molar-refractivity contribution in [1.82, 2.24) is 9.55 Å². The van der Waals surface area contributed by atoms with Gasteiger partial charge in [0.1, 0.15) is 24.0 Å². The number of hydrogen-bond donors (Lipinski definition) is 0. The van der Waals surface area contributed by atoms with E-state index in [1.165, 1.54) is 81.7 Å². The molecule has 0 radical (unpaired) electrons. The molecule has 0 amide bonds. The Kier molecular flexibility index (Phi) is 11.6. The van der Waals surface area contributed by atoms with Crippen LogP contribution >= 0.6 is 0 Å². The molecule has 2 aromatic heterocycles. The van der Waals surface area contributed by atoms with Crippen LogP contribution in [0.5, 0.6) is 11.5 Å². The summed E-state index contributed by atoms with van der Waals surface area (Å²) in [6.07, 6.45) is 2.03. The molecule has 11 aromatic rings. The SMILES string of the molecule is CC(C)(C)c1cc(-c2cccc(-c3ccccc3)c2N2CN(c3cccc(Oc4ccc5c6cccc7c6n(c5c4)-c4nccc(C(C)(C)C)c4[Si]7(c4ccccc4)c4ccccc4)c3)c3ccccc32)cc(C(C)(C)C)c1. The van der Waals surface area contributed by atoms with Crippen molar-refractivity contribution >= 4 is 73.4 Å². The monoisotopic (exact) mass is 1030 g/mol.